The fraction of sp³-hybridized carbons (Fsp3) is 0.450. The zero-order chi connectivity index (χ0) is 17.8. The molecular formula is C20H25N5O. The molecule has 1 aromatic carbocycles. The first-order chi connectivity index (χ1) is 12.8. The average molecular weight is 351 g/mol. The van der Waals surface area contributed by atoms with Crippen molar-refractivity contribution in [3.63, 3.8) is 0 Å². The van der Waals surface area contributed by atoms with Crippen LogP contribution in [0.25, 0.3) is 0 Å². The Morgan fingerprint density at radius 2 is 1.65 bits per heavy atom. The number of rotatable bonds is 4. The van der Waals surface area contributed by atoms with E-state index in [0.717, 1.165) is 63.5 Å². The van der Waals surface area contributed by atoms with Crippen LogP contribution in [-0.2, 0) is 4.79 Å². The minimum atomic E-state index is -0.182. The monoisotopic (exact) mass is 351 g/mol. The Balaban J connectivity index is 1.51. The molecule has 6 heteroatoms. The lowest BCUT2D eigenvalue weighted by Gasteiger charge is -2.40. The molecule has 6 nitrogen and oxygen atoms in total. The van der Waals surface area contributed by atoms with Crippen LogP contribution in [0, 0.1) is 0 Å². The van der Waals surface area contributed by atoms with Gasteiger partial charge in [0.15, 0.2) is 0 Å². The van der Waals surface area contributed by atoms with Crippen molar-refractivity contribution in [1.82, 2.24) is 19.8 Å². The molecule has 26 heavy (non-hydrogen) atoms. The predicted molar refractivity (Wildman–Crippen MR) is 101 cm³/mol. The van der Waals surface area contributed by atoms with Crippen molar-refractivity contribution < 1.29 is 4.79 Å². The summed E-state index contributed by atoms with van der Waals surface area (Å²) in [4.78, 5) is 28.4. The van der Waals surface area contributed by atoms with Crippen LogP contribution in [0.4, 0.5) is 5.82 Å². The van der Waals surface area contributed by atoms with Crippen molar-refractivity contribution in [2.45, 2.75) is 18.9 Å². The molecule has 2 aliphatic heterocycles. The number of anilines is 1. The Morgan fingerprint density at radius 3 is 2.31 bits per heavy atom. The van der Waals surface area contributed by atoms with E-state index in [1.165, 1.54) is 0 Å². The van der Waals surface area contributed by atoms with E-state index in [1.807, 2.05) is 23.1 Å². The molecule has 0 aliphatic carbocycles. The van der Waals surface area contributed by atoms with Crippen LogP contribution in [-0.4, -0.2) is 64.9 Å². The second kappa shape index (κ2) is 7.83. The summed E-state index contributed by atoms with van der Waals surface area (Å²) < 4.78 is 0. The van der Waals surface area contributed by atoms with Gasteiger partial charge in [-0.25, -0.2) is 4.98 Å². The first-order valence-electron chi connectivity index (χ1n) is 9.42. The van der Waals surface area contributed by atoms with Crippen molar-refractivity contribution in [2.24, 2.45) is 0 Å². The van der Waals surface area contributed by atoms with Gasteiger partial charge in [-0.1, -0.05) is 30.3 Å². The Morgan fingerprint density at radius 1 is 0.923 bits per heavy atom. The van der Waals surface area contributed by atoms with E-state index >= 15 is 0 Å². The molecule has 2 aromatic rings. The highest BCUT2D eigenvalue weighted by Crippen LogP contribution is 2.27. The van der Waals surface area contributed by atoms with Gasteiger partial charge in [-0.15, -0.1) is 0 Å². The fourth-order valence-corrected chi connectivity index (χ4v) is 3.92. The van der Waals surface area contributed by atoms with Gasteiger partial charge in [0.1, 0.15) is 11.9 Å². The predicted octanol–water partition coefficient (Wildman–Crippen LogP) is 1.96. The Hall–Kier alpha value is -2.47. The second-order valence-corrected chi connectivity index (χ2v) is 6.93. The van der Waals surface area contributed by atoms with Crippen LogP contribution in [0.5, 0.6) is 0 Å². The van der Waals surface area contributed by atoms with Gasteiger partial charge in [0.05, 0.1) is 6.20 Å². The van der Waals surface area contributed by atoms with Crippen LogP contribution in [0.15, 0.2) is 48.9 Å². The third-order valence-corrected chi connectivity index (χ3v) is 5.32. The molecule has 2 fully saturated rings. The van der Waals surface area contributed by atoms with E-state index in [2.05, 4.69) is 31.9 Å². The van der Waals surface area contributed by atoms with Crippen molar-refractivity contribution >= 4 is 11.7 Å². The van der Waals surface area contributed by atoms with E-state index in [9.17, 15) is 4.79 Å². The standard InChI is InChI=1S/C20H25N5O/c26-20(25-10-4-5-11-25)19(17-6-2-1-3-7-17)24-14-12-23(13-15-24)18-16-21-8-9-22-18/h1-3,6-9,16,19H,4-5,10-15H2. The third-order valence-electron chi connectivity index (χ3n) is 5.32. The van der Waals surface area contributed by atoms with Gasteiger partial charge in [0.25, 0.3) is 0 Å². The topological polar surface area (TPSA) is 52.6 Å². The Labute approximate surface area is 154 Å². The molecule has 0 radical (unpaired) electrons. The number of carbonyl (C=O) groups is 1. The van der Waals surface area contributed by atoms with Crippen LogP contribution in [0.1, 0.15) is 24.4 Å². The lowest BCUT2D eigenvalue weighted by molar-refractivity contribution is -0.136. The first-order valence-corrected chi connectivity index (χ1v) is 9.42. The van der Waals surface area contributed by atoms with E-state index in [4.69, 9.17) is 0 Å². The van der Waals surface area contributed by atoms with Crippen LogP contribution in [0.3, 0.4) is 0 Å². The summed E-state index contributed by atoms with van der Waals surface area (Å²) in [6.07, 6.45) is 7.46. The molecule has 1 aromatic heterocycles. The number of hydrogen-bond acceptors (Lipinski definition) is 5. The molecule has 4 rings (SSSR count). The number of likely N-dealkylation sites (tertiary alicyclic amines) is 1. The summed E-state index contributed by atoms with van der Waals surface area (Å²) in [5, 5.41) is 0. The van der Waals surface area contributed by atoms with E-state index in [-0.39, 0.29) is 11.9 Å². The van der Waals surface area contributed by atoms with Gasteiger partial charge < -0.3 is 9.80 Å². The molecule has 3 heterocycles. The number of nitrogens with zero attached hydrogens (tertiary/aromatic N) is 5. The second-order valence-electron chi connectivity index (χ2n) is 6.93. The molecule has 1 amide bonds. The highest BCUT2D eigenvalue weighted by atomic mass is 16.2. The number of carbonyl (C=O) groups excluding carboxylic acids is 1. The maximum Gasteiger partial charge on any atom is 0.244 e. The van der Waals surface area contributed by atoms with E-state index in [0.29, 0.717) is 0 Å². The summed E-state index contributed by atoms with van der Waals surface area (Å²) in [7, 11) is 0. The summed E-state index contributed by atoms with van der Waals surface area (Å²) in [5.41, 5.74) is 1.09. The highest BCUT2D eigenvalue weighted by Gasteiger charge is 2.34. The normalized spacial score (nSPS) is 19.5. The van der Waals surface area contributed by atoms with Gasteiger partial charge in [0.2, 0.25) is 5.91 Å². The van der Waals surface area contributed by atoms with Crippen LogP contribution in [0.2, 0.25) is 0 Å². The summed E-state index contributed by atoms with van der Waals surface area (Å²) >= 11 is 0. The largest absolute Gasteiger partial charge is 0.353 e. The molecule has 2 aliphatic rings. The zero-order valence-electron chi connectivity index (χ0n) is 15.0. The molecule has 0 N–H and O–H groups in total. The van der Waals surface area contributed by atoms with Crippen LogP contribution >= 0.6 is 0 Å². The van der Waals surface area contributed by atoms with E-state index in [1.54, 1.807) is 18.6 Å². The molecule has 0 spiro atoms. The fourth-order valence-electron chi connectivity index (χ4n) is 3.92. The van der Waals surface area contributed by atoms with Crippen molar-refractivity contribution in [3.8, 4) is 0 Å². The maximum atomic E-state index is 13.2. The number of piperazine rings is 1. The summed E-state index contributed by atoms with van der Waals surface area (Å²) in [5.74, 6) is 1.16. The van der Waals surface area contributed by atoms with Crippen molar-refractivity contribution in [2.75, 3.05) is 44.2 Å². The smallest absolute Gasteiger partial charge is 0.244 e. The van der Waals surface area contributed by atoms with Gasteiger partial charge in [-0.05, 0) is 18.4 Å². The zero-order valence-corrected chi connectivity index (χ0v) is 15.0. The van der Waals surface area contributed by atoms with Gasteiger partial charge in [-0.3, -0.25) is 14.7 Å². The average Bonchev–Trinajstić information content (AvgIpc) is 3.25. The number of aromatic nitrogens is 2. The van der Waals surface area contributed by atoms with Gasteiger partial charge in [-0.2, -0.15) is 0 Å². The Bertz CT molecular complexity index is 709. The molecular weight excluding hydrogens is 326 g/mol. The van der Waals surface area contributed by atoms with Gasteiger partial charge >= 0.3 is 0 Å². The number of benzene rings is 1. The lowest BCUT2D eigenvalue weighted by atomic mass is 10.0. The van der Waals surface area contributed by atoms with Crippen molar-refractivity contribution in [3.05, 3.63) is 54.5 Å². The Kier molecular flexibility index (Phi) is 5.11. The molecule has 1 unspecified atom stereocenters. The van der Waals surface area contributed by atoms with Gasteiger partial charge in [0, 0.05) is 51.7 Å². The molecule has 136 valence electrons. The molecule has 0 bridgehead atoms. The number of amides is 1. The molecule has 0 saturated carbocycles. The summed E-state index contributed by atoms with van der Waals surface area (Å²) in [6.45, 7) is 5.18. The molecule has 1 atom stereocenters. The third kappa shape index (κ3) is 3.55. The van der Waals surface area contributed by atoms with Crippen molar-refractivity contribution in [1.29, 1.82) is 0 Å². The minimum Gasteiger partial charge on any atom is -0.353 e. The quantitative estimate of drug-likeness (QED) is 0.843. The first kappa shape index (κ1) is 17.0. The SMILES string of the molecule is O=C(C(c1ccccc1)N1CCN(c2cnccn2)CC1)N1CCCC1. The maximum absolute atomic E-state index is 13.2. The highest BCUT2D eigenvalue weighted by molar-refractivity contribution is 5.83. The molecule has 2 saturated heterocycles. The lowest BCUT2D eigenvalue weighted by Crippen LogP contribution is -2.51. The number of hydrogen-bond donors (Lipinski definition) is 0. The van der Waals surface area contributed by atoms with Crippen LogP contribution < -0.4 is 4.90 Å². The van der Waals surface area contributed by atoms with E-state index < -0.39 is 0 Å². The minimum absolute atomic E-state index is 0.182. The summed E-state index contributed by atoms with van der Waals surface area (Å²) in [6, 6.07) is 10.0.